The van der Waals surface area contributed by atoms with Crippen molar-refractivity contribution in [2.75, 3.05) is 37.8 Å². The molecule has 0 N–H and O–H groups in total. The Bertz CT molecular complexity index is 1160. The summed E-state index contributed by atoms with van der Waals surface area (Å²) in [7, 11) is 0.289. The normalized spacial score (nSPS) is 11.9. The van der Waals surface area contributed by atoms with Crippen LogP contribution in [0.25, 0.3) is 10.2 Å². The summed E-state index contributed by atoms with van der Waals surface area (Å²) < 4.78 is 39.2. The molecule has 1 aromatic heterocycles. The number of fused-ring (bicyclic) bond motifs is 1. The lowest BCUT2D eigenvalue weighted by molar-refractivity contribution is -0.118. The number of nitrogens with zero attached hydrogens (tertiary/aromatic N) is 3. The molecule has 0 saturated carbocycles. The Balaban J connectivity index is 1.71. The molecule has 0 aliphatic heterocycles. The number of hydrogen-bond donors (Lipinski definition) is 0. The zero-order valence-electron chi connectivity index (χ0n) is 17.2. The molecular weight excluding hydrogens is 461 g/mol. The van der Waals surface area contributed by atoms with Crippen LogP contribution < -0.4 is 4.90 Å². The quantitative estimate of drug-likeness (QED) is 0.455. The minimum atomic E-state index is -3.51. The molecule has 1 amide bonds. The van der Waals surface area contributed by atoms with Crippen LogP contribution in [-0.4, -0.2) is 57.1 Å². The third kappa shape index (κ3) is 6.22. The highest BCUT2D eigenvalue weighted by Crippen LogP contribution is 2.30. The van der Waals surface area contributed by atoms with E-state index in [4.69, 9.17) is 11.6 Å². The molecule has 0 atom stereocenters. The summed E-state index contributed by atoms with van der Waals surface area (Å²) in [6, 6.07) is 10.3. The number of sulfone groups is 1. The van der Waals surface area contributed by atoms with Crippen molar-refractivity contribution >= 4 is 54.0 Å². The molecule has 3 rings (SSSR count). The van der Waals surface area contributed by atoms with Crippen molar-refractivity contribution < 1.29 is 17.6 Å². The fourth-order valence-corrected chi connectivity index (χ4v) is 5.41. The van der Waals surface area contributed by atoms with Gasteiger partial charge in [-0.05, 0) is 63.0 Å². The molecule has 1 heterocycles. The summed E-state index contributed by atoms with van der Waals surface area (Å²) in [6.07, 6.45) is 0.242. The van der Waals surface area contributed by atoms with E-state index in [1.54, 1.807) is 11.0 Å². The standard InChI is InChI=1S/C21H23ClFN3O3S2/c1-25(2)11-12-26(21-24-18-10-7-16(23)14-19(18)30-21)20(27)4-3-13-31(28,29)17-8-5-15(22)6-9-17/h5-10,14H,3-4,11-13H2,1-2H3. The number of anilines is 1. The predicted octanol–water partition coefficient (Wildman–Crippen LogP) is 4.24. The maximum absolute atomic E-state index is 13.5. The number of aromatic nitrogens is 1. The second-order valence-corrected chi connectivity index (χ2v) is 10.9. The second kappa shape index (κ2) is 10.0. The predicted molar refractivity (Wildman–Crippen MR) is 123 cm³/mol. The summed E-state index contributed by atoms with van der Waals surface area (Å²) in [5.74, 6) is -0.721. The van der Waals surface area contributed by atoms with E-state index in [1.165, 1.54) is 47.7 Å². The molecule has 3 aromatic rings. The van der Waals surface area contributed by atoms with Gasteiger partial charge in [-0.25, -0.2) is 17.8 Å². The number of likely N-dealkylation sites (N-methyl/N-ethyl adjacent to an activating group) is 1. The van der Waals surface area contributed by atoms with Gasteiger partial charge in [0.25, 0.3) is 0 Å². The monoisotopic (exact) mass is 483 g/mol. The van der Waals surface area contributed by atoms with Gasteiger partial charge in [-0.15, -0.1) is 0 Å². The van der Waals surface area contributed by atoms with Crippen LogP contribution in [0, 0.1) is 5.82 Å². The zero-order chi connectivity index (χ0) is 22.6. The first-order chi connectivity index (χ1) is 14.7. The van der Waals surface area contributed by atoms with Gasteiger partial charge in [0, 0.05) is 24.5 Å². The molecule has 0 bridgehead atoms. The first kappa shape index (κ1) is 23.6. The summed E-state index contributed by atoms with van der Waals surface area (Å²) in [4.78, 5) is 21.1. The molecule has 0 spiro atoms. The Morgan fingerprint density at radius 1 is 1.13 bits per heavy atom. The van der Waals surface area contributed by atoms with Gasteiger partial charge in [0.2, 0.25) is 5.91 Å². The van der Waals surface area contributed by atoms with Gasteiger partial charge in [0.15, 0.2) is 15.0 Å². The van der Waals surface area contributed by atoms with Crippen molar-refractivity contribution in [1.29, 1.82) is 0 Å². The van der Waals surface area contributed by atoms with E-state index in [0.717, 1.165) is 0 Å². The molecule has 6 nitrogen and oxygen atoms in total. The summed E-state index contributed by atoms with van der Waals surface area (Å²) >= 11 is 7.06. The van der Waals surface area contributed by atoms with Crippen molar-refractivity contribution in [3.63, 3.8) is 0 Å². The zero-order valence-corrected chi connectivity index (χ0v) is 19.6. The number of rotatable bonds is 9. The molecule has 10 heteroatoms. The fourth-order valence-electron chi connectivity index (χ4n) is 2.94. The molecule has 0 radical (unpaired) electrons. The van der Waals surface area contributed by atoms with Gasteiger partial charge in [-0.1, -0.05) is 22.9 Å². The van der Waals surface area contributed by atoms with E-state index in [2.05, 4.69) is 4.98 Å². The molecule has 0 aliphatic carbocycles. The summed E-state index contributed by atoms with van der Waals surface area (Å²) in [6.45, 7) is 1.01. The summed E-state index contributed by atoms with van der Waals surface area (Å²) in [5, 5.41) is 0.939. The van der Waals surface area contributed by atoms with Crippen molar-refractivity contribution in [2.45, 2.75) is 17.7 Å². The topological polar surface area (TPSA) is 70.6 Å². The van der Waals surface area contributed by atoms with Gasteiger partial charge in [-0.3, -0.25) is 9.69 Å². The summed E-state index contributed by atoms with van der Waals surface area (Å²) in [5.41, 5.74) is 0.620. The SMILES string of the molecule is CN(C)CCN(C(=O)CCCS(=O)(=O)c1ccc(Cl)cc1)c1nc2ccc(F)cc2s1. The van der Waals surface area contributed by atoms with Crippen LogP contribution in [0.5, 0.6) is 0 Å². The van der Waals surface area contributed by atoms with Crippen LogP contribution in [0.1, 0.15) is 12.8 Å². The van der Waals surface area contributed by atoms with E-state index in [0.29, 0.717) is 33.5 Å². The number of hydrogen-bond acceptors (Lipinski definition) is 6. The first-order valence-corrected chi connectivity index (χ1v) is 12.5. The number of thiazole rings is 1. The Labute approximate surface area is 190 Å². The van der Waals surface area contributed by atoms with Crippen molar-refractivity contribution in [3.8, 4) is 0 Å². The molecule has 31 heavy (non-hydrogen) atoms. The van der Waals surface area contributed by atoms with Crippen molar-refractivity contribution in [1.82, 2.24) is 9.88 Å². The van der Waals surface area contributed by atoms with Crippen LogP contribution >= 0.6 is 22.9 Å². The van der Waals surface area contributed by atoms with E-state index in [-0.39, 0.29) is 35.2 Å². The third-order valence-corrected chi connectivity index (χ3v) is 7.73. The lowest BCUT2D eigenvalue weighted by atomic mass is 10.3. The van der Waals surface area contributed by atoms with Gasteiger partial charge < -0.3 is 4.90 Å². The van der Waals surface area contributed by atoms with Crippen LogP contribution in [0.15, 0.2) is 47.4 Å². The molecule has 0 aliphatic rings. The highest BCUT2D eigenvalue weighted by atomic mass is 35.5. The molecule has 0 fully saturated rings. The lowest BCUT2D eigenvalue weighted by Gasteiger charge is -2.22. The molecule has 166 valence electrons. The average Bonchev–Trinajstić information content (AvgIpc) is 3.10. The van der Waals surface area contributed by atoms with Crippen molar-refractivity contribution in [3.05, 3.63) is 53.3 Å². The maximum Gasteiger partial charge on any atom is 0.228 e. The largest absolute Gasteiger partial charge is 0.308 e. The smallest absolute Gasteiger partial charge is 0.228 e. The number of halogens is 2. The second-order valence-electron chi connectivity index (χ2n) is 7.33. The maximum atomic E-state index is 13.5. The van der Waals surface area contributed by atoms with Gasteiger partial charge in [0.05, 0.1) is 20.9 Å². The Kier molecular flexibility index (Phi) is 7.64. The number of carbonyl (C=O) groups excluding carboxylic acids is 1. The third-order valence-electron chi connectivity index (χ3n) is 4.62. The highest BCUT2D eigenvalue weighted by Gasteiger charge is 2.21. The first-order valence-electron chi connectivity index (χ1n) is 9.65. The fraction of sp³-hybridized carbons (Fsp3) is 0.333. The van der Waals surface area contributed by atoms with Gasteiger partial charge in [0.1, 0.15) is 5.82 Å². The van der Waals surface area contributed by atoms with E-state index >= 15 is 0 Å². The highest BCUT2D eigenvalue weighted by molar-refractivity contribution is 7.91. The number of benzene rings is 2. The lowest BCUT2D eigenvalue weighted by Crippen LogP contribution is -2.36. The van der Waals surface area contributed by atoms with E-state index in [1.807, 2.05) is 19.0 Å². The van der Waals surface area contributed by atoms with Gasteiger partial charge in [-0.2, -0.15) is 0 Å². The molecule has 0 unspecified atom stereocenters. The average molecular weight is 484 g/mol. The molecule has 2 aromatic carbocycles. The van der Waals surface area contributed by atoms with E-state index < -0.39 is 9.84 Å². The van der Waals surface area contributed by atoms with Crippen LogP contribution in [0.3, 0.4) is 0 Å². The van der Waals surface area contributed by atoms with Gasteiger partial charge >= 0.3 is 0 Å². The molecular formula is C21H23ClFN3O3S2. The minimum absolute atomic E-state index is 0.0601. The van der Waals surface area contributed by atoms with Crippen LogP contribution in [0.2, 0.25) is 5.02 Å². The Morgan fingerprint density at radius 3 is 2.52 bits per heavy atom. The minimum Gasteiger partial charge on any atom is -0.308 e. The van der Waals surface area contributed by atoms with E-state index in [9.17, 15) is 17.6 Å². The number of carbonyl (C=O) groups is 1. The van der Waals surface area contributed by atoms with Crippen LogP contribution in [0.4, 0.5) is 9.52 Å². The number of amides is 1. The van der Waals surface area contributed by atoms with Crippen LogP contribution in [-0.2, 0) is 14.6 Å². The van der Waals surface area contributed by atoms with Crippen molar-refractivity contribution in [2.24, 2.45) is 0 Å². The molecule has 0 saturated heterocycles. The Morgan fingerprint density at radius 2 is 1.84 bits per heavy atom. The Hall–Kier alpha value is -2.07.